The van der Waals surface area contributed by atoms with E-state index in [0.717, 1.165) is 66.1 Å². The number of benzene rings is 6. The zero-order chi connectivity index (χ0) is 36.3. The van der Waals surface area contributed by atoms with Crippen LogP contribution in [0, 0.1) is 5.41 Å². The lowest BCUT2D eigenvalue weighted by Crippen LogP contribution is -2.42. The van der Waals surface area contributed by atoms with Crippen LogP contribution in [-0.2, 0) is 10.8 Å². The third-order valence-electron chi connectivity index (χ3n) is 12.9. The third kappa shape index (κ3) is 4.46. The van der Waals surface area contributed by atoms with Gasteiger partial charge in [-0.15, -0.1) is 0 Å². The molecule has 1 aliphatic carbocycles. The van der Waals surface area contributed by atoms with Gasteiger partial charge in [0.15, 0.2) is 17.5 Å². The van der Waals surface area contributed by atoms with Crippen molar-refractivity contribution in [1.29, 1.82) is 0 Å². The first-order valence-electron chi connectivity index (χ1n) is 18.4. The molecule has 258 valence electrons. The SMILES string of the molecule is CC1(C)c2ccc(-c3ccc(-c4nc(-c5cccc6c5oc5ccccc56)nc(-c5cccc6c5oc5ccccc56)n4)cc3)cc2C(C)(C)C1(C)C. The van der Waals surface area contributed by atoms with Gasteiger partial charge in [-0.2, -0.15) is 0 Å². The molecule has 53 heavy (non-hydrogen) atoms. The number of rotatable bonds is 4. The van der Waals surface area contributed by atoms with E-state index in [-0.39, 0.29) is 16.2 Å². The summed E-state index contributed by atoms with van der Waals surface area (Å²) in [7, 11) is 0. The van der Waals surface area contributed by atoms with E-state index in [0.29, 0.717) is 17.5 Å². The zero-order valence-electron chi connectivity index (χ0n) is 30.8. The first-order chi connectivity index (χ1) is 25.5. The van der Waals surface area contributed by atoms with Crippen LogP contribution in [0.2, 0.25) is 0 Å². The van der Waals surface area contributed by atoms with E-state index in [2.05, 4.69) is 108 Å². The molecule has 0 bridgehead atoms. The molecule has 0 saturated carbocycles. The molecular formula is C48H39N3O2. The highest BCUT2D eigenvalue weighted by Gasteiger charge is 2.56. The van der Waals surface area contributed by atoms with Crippen molar-refractivity contribution in [3.63, 3.8) is 0 Å². The van der Waals surface area contributed by atoms with Gasteiger partial charge in [-0.05, 0) is 62.8 Å². The second kappa shape index (κ2) is 11.0. The van der Waals surface area contributed by atoms with Crippen molar-refractivity contribution in [2.45, 2.75) is 52.4 Å². The normalized spacial score (nSPS) is 15.8. The lowest BCUT2D eigenvalue weighted by molar-refractivity contribution is 0.125. The molecule has 10 rings (SSSR count). The quantitative estimate of drug-likeness (QED) is 0.184. The Morgan fingerprint density at radius 3 is 1.42 bits per heavy atom. The van der Waals surface area contributed by atoms with Gasteiger partial charge in [-0.1, -0.05) is 145 Å². The van der Waals surface area contributed by atoms with Gasteiger partial charge in [-0.3, -0.25) is 0 Å². The molecule has 0 saturated heterocycles. The van der Waals surface area contributed by atoms with Crippen LogP contribution < -0.4 is 0 Å². The van der Waals surface area contributed by atoms with E-state index in [1.165, 1.54) is 16.7 Å². The van der Waals surface area contributed by atoms with Gasteiger partial charge in [0.25, 0.3) is 0 Å². The van der Waals surface area contributed by atoms with E-state index >= 15 is 0 Å². The minimum absolute atomic E-state index is 0.0326. The maximum atomic E-state index is 6.46. The molecule has 6 aromatic carbocycles. The molecule has 5 nitrogen and oxygen atoms in total. The van der Waals surface area contributed by atoms with Crippen molar-refractivity contribution in [2.24, 2.45) is 5.41 Å². The highest BCUT2D eigenvalue weighted by atomic mass is 16.3. The van der Waals surface area contributed by atoms with Gasteiger partial charge in [0.1, 0.15) is 22.3 Å². The number of para-hydroxylation sites is 4. The first kappa shape index (κ1) is 31.6. The van der Waals surface area contributed by atoms with Gasteiger partial charge >= 0.3 is 0 Å². The lowest BCUT2D eigenvalue weighted by Gasteiger charge is -2.44. The molecule has 0 amide bonds. The molecule has 0 unspecified atom stereocenters. The van der Waals surface area contributed by atoms with Crippen LogP contribution in [0.3, 0.4) is 0 Å². The smallest absolute Gasteiger partial charge is 0.167 e. The monoisotopic (exact) mass is 689 g/mol. The van der Waals surface area contributed by atoms with Crippen LogP contribution in [0.15, 0.2) is 136 Å². The molecule has 0 aliphatic heterocycles. The summed E-state index contributed by atoms with van der Waals surface area (Å²) in [6, 6.07) is 44.1. The van der Waals surface area contributed by atoms with E-state index in [1.54, 1.807) is 0 Å². The molecule has 5 heteroatoms. The second-order valence-corrected chi connectivity index (χ2v) is 16.1. The Hall–Kier alpha value is -6.07. The van der Waals surface area contributed by atoms with Crippen molar-refractivity contribution in [3.8, 4) is 45.3 Å². The van der Waals surface area contributed by atoms with Gasteiger partial charge in [0.05, 0.1) is 11.1 Å². The number of nitrogens with zero attached hydrogens (tertiary/aromatic N) is 3. The molecule has 0 N–H and O–H groups in total. The lowest BCUT2D eigenvalue weighted by atomic mass is 9.59. The predicted molar refractivity (Wildman–Crippen MR) is 216 cm³/mol. The molecule has 0 atom stereocenters. The van der Waals surface area contributed by atoms with E-state index < -0.39 is 0 Å². The minimum Gasteiger partial charge on any atom is -0.455 e. The second-order valence-electron chi connectivity index (χ2n) is 16.1. The van der Waals surface area contributed by atoms with Gasteiger partial charge < -0.3 is 8.83 Å². The summed E-state index contributed by atoms with van der Waals surface area (Å²) in [5, 5.41) is 4.16. The van der Waals surface area contributed by atoms with E-state index in [1.807, 2.05) is 60.7 Å². The van der Waals surface area contributed by atoms with Crippen molar-refractivity contribution in [2.75, 3.05) is 0 Å². The average molecular weight is 690 g/mol. The molecule has 3 aromatic heterocycles. The summed E-state index contributed by atoms with van der Waals surface area (Å²) in [6.45, 7) is 14.4. The number of fused-ring (bicyclic) bond motifs is 7. The fraction of sp³-hybridized carbons (Fsp3) is 0.188. The number of hydrogen-bond acceptors (Lipinski definition) is 5. The summed E-state index contributed by atoms with van der Waals surface area (Å²) in [4.78, 5) is 15.4. The molecule has 1 aliphatic rings. The Kier molecular flexibility index (Phi) is 6.55. The minimum atomic E-state index is 0.0326. The molecule has 0 spiro atoms. The molecule has 3 heterocycles. The Morgan fingerprint density at radius 1 is 0.396 bits per heavy atom. The highest BCUT2D eigenvalue weighted by Crippen LogP contribution is 2.61. The molecule has 9 aromatic rings. The van der Waals surface area contributed by atoms with Crippen LogP contribution in [0.4, 0.5) is 0 Å². The molecule has 0 radical (unpaired) electrons. The number of hydrogen-bond donors (Lipinski definition) is 0. The van der Waals surface area contributed by atoms with Crippen molar-refractivity contribution in [3.05, 3.63) is 139 Å². The fourth-order valence-corrected chi connectivity index (χ4v) is 8.64. The Balaban J connectivity index is 1.13. The van der Waals surface area contributed by atoms with Crippen molar-refractivity contribution in [1.82, 2.24) is 15.0 Å². The number of aromatic nitrogens is 3. The van der Waals surface area contributed by atoms with Crippen LogP contribution >= 0.6 is 0 Å². The average Bonchev–Trinajstić information content (AvgIpc) is 3.78. The van der Waals surface area contributed by atoms with Crippen LogP contribution in [0.1, 0.15) is 52.7 Å². The molecular weight excluding hydrogens is 651 g/mol. The van der Waals surface area contributed by atoms with Gasteiger partial charge in [0.2, 0.25) is 0 Å². The van der Waals surface area contributed by atoms with Crippen LogP contribution in [0.25, 0.3) is 89.2 Å². The third-order valence-corrected chi connectivity index (χ3v) is 12.9. The van der Waals surface area contributed by atoms with Crippen molar-refractivity contribution >= 4 is 43.9 Å². The summed E-state index contributed by atoms with van der Waals surface area (Å²) in [6.07, 6.45) is 0. The first-order valence-corrected chi connectivity index (χ1v) is 18.4. The predicted octanol–water partition coefficient (Wildman–Crippen LogP) is 12.9. The fourth-order valence-electron chi connectivity index (χ4n) is 8.64. The number of furan rings is 2. The largest absolute Gasteiger partial charge is 0.455 e. The van der Waals surface area contributed by atoms with E-state index in [9.17, 15) is 0 Å². The summed E-state index contributed by atoms with van der Waals surface area (Å²) >= 11 is 0. The van der Waals surface area contributed by atoms with Crippen LogP contribution in [-0.4, -0.2) is 15.0 Å². The standard InChI is InChI=1S/C48H39N3O2/c1-46(2)37-26-25-30(27-38(37)47(3,4)48(46,5)6)28-21-23-29(24-22-28)43-49-44(35-17-11-15-33-31-13-7-9-19-39(31)52-41(33)35)51-45(50-43)36-18-12-16-34-32-14-8-10-20-40(32)53-42(34)36/h7-27H,1-6H3. The van der Waals surface area contributed by atoms with Crippen molar-refractivity contribution < 1.29 is 8.83 Å². The maximum absolute atomic E-state index is 6.46. The molecule has 0 fully saturated rings. The summed E-state index contributed by atoms with van der Waals surface area (Å²) in [5.41, 5.74) is 11.1. The zero-order valence-corrected chi connectivity index (χ0v) is 30.8. The van der Waals surface area contributed by atoms with Gasteiger partial charge in [0, 0.05) is 27.1 Å². The topological polar surface area (TPSA) is 65.0 Å². The van der Waals surface area contributed by atoms with Gasteiger partial charge in [-0.25, -0.2) is 15.0 Å². The Labute approximate surface area is 308 Å². The Morgan fingerprint density at radius 2 is 0.849 bits per heavy atom. The Bertz CT molecular complexity index is 2790. The summed E-state index contributed by atoms with van der Waals surface area (Å²) in [5.74, 6) is 1.66. The van der Waals surface area contributed by atoms with E-state index in [4.69, 9.17) is 23.8 Å². The summed E-state index contributed by atoms with van der Waals surface area (Å²) < 4.78 is 12.9. The van der Waals surface area contributed by atoms with Crippen LogP contribution in [0.5, 0.6) is 0 Å². The highest BCUT2D eigenvalue weighted by molar-refractivity contribution is 6.10. The maximum Gasteiger partial charge on any atom is 0.167 e.